The van der Waals surface area contributed by atoms with Gasteiger partial charge in [0.2, 0.25) is 0 Å². The lowest BCUT2D eigenvalue weighted by Gasteiger charge is -2.24. The Morgan fingerprint density at radius 3 is 2.76 bits per heavy atom. The monoisotopic (exact) mass is 248 g/mol. The second kappa shape index (κ2) is 4.22. The highest BCUT2D eigenvalue weighted by Crippen LogP contribution is 2.37. The van der Waals surface area contributed by atoms with Crippen LogP contribution in [0.1, 0.15) is 31.2 Å². The molecule has 0 radical (unpaired) electrons. The number of nitrogens with zero attached hydrogens (tertiary/aromatic N) is 3. The molecule has 0 spiro atoms. The highest BCUT2D eigenvalue weighted by Gasteiger charge is 2.35. The van der Waals surface area contributed by atoms with E-state index in [1.54, 1.807) is 6.20 Å². The van der Waals surface area contributed by atoms with Gasteiger partial charge in [-0.1, -0.05) is 12.2 Å². The molecule has 1 aromatic heterocycles. The van der Waals surface area contributed by atoms with Gasteiger partial charge in [0.15, 0.2) is 5.82 Å². The summed E-state index contributed by atoms with van der Waals surface area (Å²) in [6.07, 6.45) is 6.83. The number of aromatic nitrogens is 2. The normalized spacial score (nSPS) is 19.1. The Labute approximate surface area is 106 Å². The van der Waals surface area contributed by atoms with Gasteiger partial charge in [0.05, 0.1) is 11.8 Å². The summed E-state index contributed by atoms with van der Waals surface area (Å²) in [5.74, 6) is 1.71. The molecule has 1 aromatic rings. The molecule has 2 N–H and O–H groups in total. The van der Waals surface area contributed by atoms with Crippen LogP contribution in [0.25, 0.3) is 0 Å². The van der Waals surface area contributed by atoms with Crippen LogP contribution in [0.15, 0.2) is 12.3 Å². The standard InChI is InChI=1S/C12H16N4S/c13-11(17)10-5-6-14-15-12(10)16(9-3-4-9)7-8-1-2-8/h5-6,8-9H,1-4,7H2,(H2,13,17). The van der Waals surface area contributed by atoms with Crippen LogP contribution in [0.3, 0.4) is 0 Å². The molecule has 0 bridgehead atoms. The van der Waals surface area contributed by atoms with Crippen molar-refractivity contribution >= 4 is 23.0 Å². The summed E-state index contributed by atoms with van der Waals surface area (Å²) in [5, 5.41) is 8.23. The smallest absolute Gasteiger partial charge is 0.161 e. The largest absolute Gasteiger partial charge is 0.389 e. The second-order valence-electron chi connectivity index (χ2n) is 4.96. The summed E-state index contributed by atoms with van der Waals surface area (Å²) in [7, 11) is 0. The van der Waals surface area contributed by atoms with Crippen molar-refractivity contribution in [1.29, 1.82) is 0 Å². The van der Waals surface area contributed by atoms with Gasteiger partial charge in [-0.25, -0.2) is 0 Å². The summed E-state index contributed by atoms with van der Waals surface area (Å²) < 4.78 is 0. The molecule has 2 saturated carbocycles. The van der Waals surface area contributed by atoms with E-state index in [1.807, 2.05) is 6.07 Å². The fourth-order valence-electron chi connectivity index (χ4n) is 2.10. The highest BCUT2D eigenvalue weighted by molar-refractivity contribution is 7.80. The molecule has 17 heavy (non-hydrogen) atoms. The molecule has 90 valence electrons. The van der Waals surface area contributed by atoms with Crippen molar-refractivity contribution in [2.75, 3.05) is 11.4 Å². The first-order valence-corrected chi connectivity index (χ1v) is 6.54. The zero-order valence-corrected chi connectivity index (χ0v) is 10.5. The van der Waals surface area contributed by atoms with E-state index in [-0.39, 0.29) is 0 Å². The number of nitrogens with two attached hydrogens (primary N) is 1. The maximum absolute atomic E-state index is 5.76. The predicted octanol–water partition coefficient (Wildman–Crippen LogP) is 1.49. The quantitative estimate of drug-likeness (QED) is 0.800. The first-order chi connectivity index (χ1) is 8.25. The van der Waals surface area contributed by atoms with E-state index in [2.05, 4.69) is 15.1 Å². The third kappa shape index (κ3) is 2.39. The second-order valence-corrected chi connectivity index (χ2v) is 5.40. The molecule has 1 heterocycles. The molecule has 2 fully saturated rings. The van der Waals surface area contributed by atoms with Gasteiger partial charge >= 0.3 is 0 Å². The van der Waals surface area contributed by atoms with Crippen LogP contribution in [0, 0.1) is 5.92 Å². The molecular weight excluding hydrogens is 232 g/mol. The number of thiocarbonyl (C=S) groups is 1. The van der Waals surface area contributed by atoms with Crippen LogP contribution in [0.5, 0.6) is 0 Å². The fraction of sp³-hybridized carbons (Fsp3) is 0.583. The maximum Gasteiger partial charge on any atom is 0.161 e. The first kappa shape index (κ1) is 10.9. The van der Waals surface area contributed by atoms with Crippen molar-refractivity contribution < 1.29 is 0 Å². The SMILES string of the molecule is NC(=S)c1ccnnc1N(CC1CC1)C1CC1. The molecular formula is C12H16N4S. The zero-order valence-electron chi connectivity index (χ0n) is 9.67. The van der Waals surface area contributed by atoms with E-state index >= 15 is 0 Å². The number of hydrogen-bond donors (Lipinski definition) is 1. The molecule has 2 aliphatic rings. The minimum absolute atomic E-state index is 0.413. The number of hydrogen-bond acceptors (Lipinski definition) is 4. The average Bonchev–Trinajstić information content (AvgIpc) is 3.17. The van der Waals surface area contributed by atoms with Crippen LogP contribution in [0.4, 0.5) is 5.82 Å². The van der Waals surface area contributed by atoms with Crippen molar-refractivity contribution in [1.82, 2.24) is 10.2 Å². The van der Waals surface area contributed by atoms with E-state index in [4.69, 9.17) is 18.0 Å². The van der Waals surface area contributed by atoms with E-state index in [1.165, 1.54) is 25.7 Å². The Kier molecular flexibility index (Phi) is 2.70. The van der Waals surface area contributed by atoms with Crippen molar-refractivity contribution in [3.63, 3.8) is 0 Å². The minimum atomic E-state index is 0.413. The minimum Gasteiger partial charge on any atom is -0.389 e. The lowest BCUT2D eigenvalue weighted by molar-refractivity contribution is 0.701. The third-order valence-corrected chi connectivity index (χ3v) is 3.60. The van der Waals surface area contributed by atoms with Gasteiger partial charge in [-0.2, -0.15) is 5.10 Å². The molecule has 0 unspecified atom stereocenters. The van der Waals surface area contributed by atoms with Crippen molar-refractivity contribution in [3.05, 3.63) is 17.8 Å². The first-order valence-electron chi connectivity index (χ1n) is 6.14. The van der Waals surface area contributed by atoms with E-state index in [9.17, 15) is 0 Å². The summed E-state index contributed by atoms with van der Waals surface area (Å²) in [6.45, 7) is 1.08. The summed E-state index contributed by atoms with van der Waals surface area (Å²) in [6, 6.07) is 2.49. The maximum atomic E-state index is 5.76. The van der Waals surface area contributed by atoms with Crippen LogP contribution < -0.4 is 10.6 Å². The molecule has 3 rings (SSSR count). The van der Waals surface area contributed by atoms with Crippen LogP contribution in [-0.2, 0) is 0 Å². The molecule has 5 heteroatoms. The van der Waals surface area contributed by atoms with Crippen molar-refractivity contribution in [2.24, 2.45) is 11.7 Å². The van der Waals surface area contributed by atoms with Crippen molar-refractivity contribution in [3.8, 4) is 0 Å². The van der Waals surface area contributed by atoms with Gasteiger partial charge in [-0.15, -0.1) is 5.10 Å². The molecule has 0 atom stereocenters. The van der Waals surface area contributed by atoms with Gasteiger partial charge < -0.3 is 10.6 Å². The Morgan fingerprint density at radius 2 is 2.18 bits per heavy atom. The zero-order chi connectivity index (χ0) is 11.8. The van der Waals surface area contributed by atoms with Crippen LogP contribution >= 0.6 is 12.2 Å². The molecule has 0 aromatic carbocycles. The molecule has 0 aliphatic heterocycles. The van der Waals surface area contributed by atoms with Gasteiger partial charge in [-0.3, -0.25) is 0 Å². The van der Waals surface area contributed by atoms with Crippen molar-refractivity contribution in [2.45, 2.75) is 31.7 Å². The molecule has 4 nitrogen and oxygen atoms in total. The van der Waals surface area contributed by atoms with Gasteiger partial charge in [0.1, 0.15) is 4.99 Å². The Bertz CT molecular complexity index is 440. The van der Waals surface area contributed by atoms with Crippen LogP contribution in [0.2, 0.25) is 0 Å². The van der Waals surface area contributed by atoms with E-state index in [0.29, 0.717) is 11.0 Å². The van der Waals surface area contributed by atoms with Crippen LogP contribution in [-0.4, -0.2) is 27.8 Å². The Morgan fingerprint density at radius 1 is 1.41 bits per heavy atom. The van der Waals surface area contributed by atoms with Gasteiger partial charge in [-0.05, 0) is 37.7 Å². The fourth-order valence-corrected chi connectivity index (χ4v) is 2.26. The van der Waals surface area contributed by atoms with Gasteiger partial charge in [0.25, 0.3) is 0 Å². The van der Waals surface area contributed by atoms with E-state index in [0.717, 1.165) is 23.8 Å². The van der Waals surface area contributed by atoms with Gasteiger partial charge in [0, 0.05) is 12.6 Å². The highest BCUT2D eigenvalue weighted by atomic mass is 32.1. The lowest BCUT2D eigenvalue weighted by atomic mass is 10.2. The summed E-state index contributed by atoms with van der Waals surface area (Å²) in [4.78, 5) is 2.77. The topological polar surface area (TPSA) is 55.0 Å². The Hall–Kier alpha value is -1.23. The third-order valence-electron chi connectivity index (χ3n) is 3.38. The van der Waals surface area contributed by atoms with E-state index < -0.39 is 0 Å². The number of anilines is 1. The predicted molar refractivity (Wildman–Crippen MR) is 71.0 cm³/mol. The summed E-state index contributed by atoms with van der Waals surface area (Å²) >= 11 is 5.09. The number of rotatable bonds is 5. The molecule has 2 aliphatic carbocycles. The molecule has 0 saturated heterocycles. The Balaban J connectivity index is 1.90. The molecule has 0 amide bonds. The average molecular weight is 248 g/mol. The lowest BCUT2D eigenvalue weighted by Crippen LogP contribution is -2.31. The summed E-state index contributed by atoms with van der Waals surface area (Å²) in [5.41, 5.74) is 6.62.